The van der Waals surface area contributed by atoms with Gasteiger partial charge in [-0.15, -0.1) is 0 Å². The molecule has 0 aliphatic carbocycles. The molecule has 0 fully saturated rings. The standard InChI is InChI=1S/C23H20N4O3/c28-22(26-24-15-18-9-3-1-4-10-18)17-30-21-14-8-7-13-20(21)23(29)27-25-16-19-11-5-2-6-12-19/h1-16H,17H2,(H,26,28)(H,27,29)/b24-15-,25-16-. The van der Waals surface area contributed by atoms with Crippen molar-refractivity contribution >= 4 is 24.2 Å². The SMILES string of the molecule is O=C(COc1ccccc1C(=O)N/N=C\c1ccccc1)N/N=C\c1ccccc1. The monoisotopic (exact) mass is 400 g/mol. The number of benzene rings is 3. The van der Waals surface area contributed by atoms with Gasteiger partial charge in [-0.25, -0.2) is 10.9 Å². The number of amides is 2. The molecule has 0 radical (unpaired) electrons. The number of carbonyl (C=O) groups is 2. The minimum absolute atomic E-state index is 0.267. The van der Waals surface area contributed by atoms with Gasteiger partial charge in [0.05, 0.1) is 18.0 Å². The molecule has 0 unspecified atom stereocenters. The summed E-state index contributed by atoms with van der Waals surface area (Å²) in [7, 11) is 0. The summed E-state index contributed by atoms with van der Waals surface area (Å²) in [4.78, 5) is 24.3. The van der Waals surface area contributed by atoms with Crippen LogP contribution in [0.3, 0.4) is 0 Å². The number of carbonyl (C=O) groups excluding carboxylic acids is 2. The van der Waals surface area contributed by atoms with Crippen LogP contribution in [0.15, 0.2) is 95.1 Å². The Morgan fingerprint density at radius 2 is 1.27 bits per heavy atom. The summed E-state index contributed by atoms with van der Waals surface area (Å²) >= 11 is 0. The van der Waals surface area contributed by atoms with Crippen LogP contribution in [0.1, 0.15) is 21.5 Å². The number of rotatable bonds is 8. The molecule has 3 rings (SSSR count). The third-order valence-electron chi connectivity index (χ3n) is 3.87. The number of ether oxygens (including phenoxy) is 1. The van der Waals surface area contributed by atoms with E-state index in [1.165, 1.54) is 6.21 Å². The van der Waals surface area contributed by atoms with Crippen molar-refractivity contribution in [1.29, 1.82) is 0 Å². The lowest BCUT2D eigenvalue weighted by Crippen LogP contribution is -2.25. The third-order valence-corrected chi connectivity index (χ3v) is 3.87. The summed E-state index contributed by atoms with van der Waals surface area (Å²) in [5, 5.41) is 7.82. The molecule has 0 heterocycles. The maximum atomic E-state index is 12.4. The fourth-order valence-electron chi connectivity index (χ4n) is 2.44. The maximum Gasteiger partial charge on any atom is 0.277 e. The van der Waals surface area contributed by atoms with E-state index in [0.717, 1.165) is 11.1 Å². The van der Waals surface area contributed by atoms with E-state index in [1.54, 1.807) is 30.5 Å². The molecule has 2 N–H and O–H groups in total. The first-order chi connectivity index (χ1) is 14.7. The molecular weight excluding hydrogens is 380 g/mol. The Morgan fingerprint density at radius 3 is 1.90 bits per heavy atom. The van der Waals surface area contributed by atoms with Crippen molar-refractivity contribution in [3.8, 4) is 5.75 Å². The summed E-state index contributed by atoms with van der Waals surface area (Å²) < 4.78 is 5.49. The molecule has 7 nitrogen and oxygen atoms in total. The summed E-state index contributed by atoms with van der Waals surface area (Å²) in [6.45, 7) is -0.288. The fourth-order valence-corrected chi connectivity index (χ4v) is 2.44. The predicted octanol–water partition coefficient (Wildman–Crippen LogP) is 2.98. The van der Waals surface area contributed by atoms with Gasteiger partial charge in [-0.1, -0.05) is 72.8 Å². The van der Waals surface area contributed by atoms with E-state index < -0.39 is 11.8 Å². The maximum absolute atomic E-state index is 12.4. The van der Waals surface area contributed by atoms with Crippen LogP contribution in [0, 0.1) is 0 Å². The Morgan fingerprint density at radius 1 is 0.733 bits per heavy atom. The minimum atomic E-state index is -0.445. The van der Waals surface area contributed by atoms with Crippen LogP contribution < -0.4 is 15.6 Å². The molecule has 0 aliphatic rings. The molecule has 0 saturated heterocycles. The van der Waals surface area contributed by atoms with Gasteiger partial charge in [-0.05, 0) is 23.3 Å². The first-order valence-electron chi connectivity index (χ1n) is 9.19. The smallest absolute Gasteiger partial charge is 0.277 e. The predicted molar refractivity (Wildman–Crippen MR) is 116 cm³/mol. The van der Waals surface area contributed by atoms with Crippen molar-refractivity contribution in [2.75, 3.05) is 6.61 Å². The fraction of sp³-hybridized carbons (Fsp3) is 0.0435. The highest BCUT2D eigenvalue weighted by molar-refractivity contribution is 5.97. The lowest BCUT2D eigenvalue weighted by Gasteiger charge is -2.09. The number of hydrogen-bond acceptors (Lipinski definition) is 5. The molecule has 0 atom stereocenters. The topological polar surface area (TPSA) is 92.2 Å². The summed E-state index contributed by atoms with van der Waals surface area (Å²) in [5.74, 6) is -0.619. The van der Waals surface area contributed by atoms with Crippen molar-refractivity contribution in [2.24, 2.45) is 10.2 Å². The summed E-state index contributed by atoms with van der Waals surface area (Å²) in [5.41, 5.74) is 6.82. The van der Waals surface area contributed by atoms with Crippen molar-refractivity contribution in [1.82, 2.24) is 10.9 Å². The van der Waals surface area contributed by atoms with Gasteiger partial charge in [0.1, 0.15) is 5.75 Å². The van der Waals surface area contributed by atoms with Crippen molar-refractivity contribution in [2.45, 2.75) is 0 Å². The second-order valence-corrected chi connectivity index (χ2v) is 6.10. The van der Waals surface area contributed by atoms with E-state index in [-0.39, 0.29) is 17.9 Å². The Labute approximate surface area is 174 Å². The number of nitrogens with zero attached hydrogens (tertiary/aromatic N) is 2. The highest BCUT2D eigenvalue weighted by Crippen LogP contribution is 2.17. The van der Waals surface area contributed by atoms with Gasteiger partial charge < -0.3 is 4.74 Å². The summed E-state index contributed by atoms with van der Waals surface area (Å²) in [6.07, 6.45) is 3.07. The van der Waals surface area contributed by atoms with Crippen molar-refractivity contribution in [3.05, 3.63) is 102 Å². The highest BCUT2D eigenvalue weighted by Gasteiger charge is 2.12. The largest absolute Gasteiger partial charge is 0.483 e. The van der Waals surface area contributed by atoms with Crippen molar-refractivity contribution in [3.63, 3.8) is 0 Å². The second-order valence-electron chi connectivity index (χ2n) is 6.10. The van der Waals surface area contributed by atoms with Crippen LogP contribution in [0.5, 0.6) is 5.75 Å². The van der Waals surface area contributed by atoms with Gasteiger partial charge in [-0.3, -0.25) is 9.59 Å². The van der Waals surface area contributed by atoms with E-state index in [0.29, 0.717) is 0 Å². The Kier molecular flexibility index (Phi) is 7.45. The highest BCUT2D eigenvalue weighted by atomic mass is 16.5. The molecule has 7 heteroatoms. The molecule has 30 heavy (non-hydrogen) atoms. The van der Waals surface area contributed by atoms with Crippen LogP contribution in [-0.4, -0.2) is 30.9 Å². The molecular formula is C23H20N4O3. The van der Waals surface area contributed by atoms with Gasteiger partial charge in [0.2, 0.25) is 0 Å². The zero-order chi connectivity index (χ0) is 21.0. The zero-order valence-corrected chi connectivity index (χ0v) is 16.1. The normalized spacial score (nSPS) is 10.8. The van der Waals surface area contributed by atoms with E-state index in [4.69, 9.17) is 4.74 Å². The number of para-hydroxylation sites is 1. The Bertz CT molecular complexity index is 1030. The van der Waals surface area contributed by atoms with Gasteiger partial charge in [0.15, 0.2) is 6.61 Å². The quantitative estimate of drug-likeness (QED) is 0.450. The molecule has 150 valence electrons. The average Bonchev–Trinajstić information content (AvgIpc) is 2.79. The van der Waals surface area contributed by atoms with E-state index in [2.05, 4.69) is 21.1 Å². The first kappa shape index (κ1) is 20.5. The Balaban J connectivity index is 1.53. The molecule has 3 aromatic rings. The van der Waals surface area contributed by atoms with Crippen LogP contribution in [0.25, 0.3) is 0 Å². The molecule has 2 amide bonds. The van der Waals surface area contributed by atoms with Gasteiger partial charge in [0.25, 0.3) is 11.8 Å². The van der Waals surface area contributed by atoms with Crippen LogP contribution in [-0.2, 0) is 4.79 Å². The molecule has 0 spiro atoms. The van der Waals surface area contributed by atoms with Crippen LogP contribution >= 0.6 is 0 Å². The minimum Gasteiger partial charge on any atom is -0.483 e. The van der Waals surface area contributed by atoms with E-state index in [1.807, 2.05) is 60.7 Å². The molecule has 0 aromatic heterocycles. The molecule has 0 saturated carbocycles. The lowest BCUT2D eigenvalue weighted by atomic mass is 10.2. The molecule has 3 aromatic carbocycles. The number of hydrogen-bond donors (Lipinski definition) is 2. The molecule has 0 bridgehead atoms. The lowest BCUT2D eigenvalue weighted by molar-refractivity contribution is -0.123. The van der Waals surface area contributed by atoms with Gasteiger partial charge in [0, 0.05) is 0 Å². The van der Waals surface area contributed by atoms with Gasteiger partial charge >= 0.3 is 0 Å². The first-order valence-corrected chi connectivity index (χ1v) is 9.19. The number of nitrogens with one attached hydrogen (secondary N) is 2. The van der Waals surface area contributed by atoms with Crippen LogP contribution in [0.2, 0.25) is 0 Å². The van der Waals surface area contributed by atoms with E-state index in [9.17, 15) is 9.59 Å². The van der Waals surface area contributed by atoms with Crippen LogP contribution in [0.4, 0.5) is 0 Å². The average molecular weight is 400 g/mol. The van der Waals surface area contributed by atoms with Crippen molar-refractivity contribution < 1.29 is 14.3 Å². The Hall–Kier alpha value is -4.26. The summed E-state index contributed by atoms with van der Waals surface area (Å²) in [6, 6.07) is 25.4. The zero-order valence-electron chi connectivity index (χ0n) is 16.1. The van der Waals surface area contributed by atoms with Gasteiger partial charge in [-0.2, -0.15) is 10.2 Å². The second kappa shape index (κ2) is 10.9. The molecule has 0 aliphatic heterocycles. The third kappa shape index (κ3) is 6.42. The van der Waals surface area contributed by atoms with E-state index >= 15 is 0 Å². The number of hydrazone groups is 2.